The van der Waals surface area contributed by atoms with Crippen molar-refractivity contribution >= 4 is 16.8 Å². The standard InChI is InChI=1S/C21H39N3O2S/c1-4-26-19-15-18(21(19)12-7-6-8-13-21)24-20(22-3)23-16-10-9-11-17(14-16)27(25)5-2/h16-19H,4-15H2,1-3H3,(H2,22,23,24). The van der Waals surface area contributed by atoms with E-state index in [-0.39, 0.29) is 0 Å². The first kappa shape index (κ1) is 21.1. The van der Waals surface area contributed by atoms with Crippen molar-refractivity contribution < 1.29 is 8.95 Å². The van der Waals surface area contributed by atoms with E-state index in [0.29, 0.717) is 28.9 Å². The summed E-state index contributed by atoms with van der Waals surface area (Å²) in [4.78, 5) is 4.52. The summed E-state index contributed by atoms with van der Waals surface area (Å²) in [5.74, 6) is 1.70. The van der Waals surface area contributed by atoms with E-state index < -0.39 is 10.8 Å². The average Bonchev–Trinajstić information content (AvgIpc) is 2.72. The zero-order valence-corrected chi connectivity index (χ0v) is 18.3. The third kappa shape index (κ3) is 4.69. The van der Waals surface area contributed by atoms with E-state index in [1.165, 1.54) is 32.1 Å². The molecule has 3 saturated carbocycles. The lowest BCUT2D eigenvalue weighted by Crippen LogP contribution is -2.67. The second kappa shape index (κ2) is 9.73. The molecule has 0 radical (unpaired) electrons. The molecule has 0 heterocycles. The lowest BCUT2D eigenvalue weighted by atomic mass is 9.55. The number of guanidine groups is 1. The second-order valence-corrected chi connectivity index (χ2v) is 10.5. The van der Waals surface area contributed by atoms with Gasteiger partial charge in [0.15, 0.2) is 5.96 Å². The number of rotatable bonds is 6. The highest BCUT2D eigenvalue weighted by molar-refractivity contribution is 7.85. The molecule has 1 spiro atoms. The molecule has 0 bridgehead atoms. The van der Waals surface area contributed by atoms with E-state index in [9.17, 15) is 4.21 Å². The molecule has 0 aliphatic heterocycles. The Morgan fingerprint density at radius 1 is 1.11 bits per heavy atom. The Balaban J connectivity index is 1.57. The minimum Gasteiger partial charge on any atom is -0.378 e. The van der Waals surface area contributed by atoms with Crippen LogP contribution in [0.15, 0.2) is 4.99 Å². The van der Waals surface area contributed by atoms with E-state index in [4.69, 9.17) is 4.74 Å². The summed E-state index contributed by atoms with van der Waals surface area (Å²) in [6, 6.07) is 0.847. The van der Waals surface area contributed by atoms with Crippen molar-refractivity contribution in [1.29, 1.82) is 0 Å². The summed E-state index contributed by atoms with van der Waals surface area (Å²) in [6.45, 7) is 4.95. The van der Waals surface area contributed by atoms with E-state index in [2.05, 4.69) is 22.5 Å². The summed E-state index contributed by atoms with van der Waals surface area (Å²) >= 11 is 0. The predicted molar refractivity (Wildman–Crippen MR) is 114 cm³/mol. The minimum absolute atomic E-state index is 0.296. The largest absolute Gasteiger partial charge is 0.378 e. The van der Waals surface area contributed by atoms with Gasteiger partial charge >= 0.3 is 0 Å². The Hall–Kier alpha value is -0.620. The second-order valence-electron chi connectivity index (χ2n) is 8.54. The van der Waals surface area contributed by atoms with E-state index in [1.807, 2.05) is 14.0 Å². The maximum atomic E-state index is 12.2. The summed E-state index contributed by atoms with van der Waals surface area (Å²) < 4.78 is 18.3. The molecule has 5 nitrogen and oxygen atoms in total. The van der Waals surface area contributed by atoms with Crippen LogP contribution in [0.5, 0.6) is 0 Å². The third-order valence-electron chi connectivity index (χ3n) is 7.10. The van der Waals surface area contributed by atoms with Crippen LogP contribution in [0.4, 0.5) is 0 Å². The number of hydrogen-bond donors (Lipinski definition) is 2. The molecular formula is C21H39N3O2S. The zero-order chi connectivity index (χ0) is 19.3. The van der Waals surface area contributed by atoms with Crippen LogP contribution in [-0.4, -0.2) is 53.0 Å². The minimum atomic E-state index is -0.685. The van der Waals surface area contributed by atoms with Crippen LogP contribution in [0, 0.1) is 5.41 Å². The summed E-state index contributed by atoms with van der Waals surface area (Å²) in [6.07, 6.45) is 12.4. The quantitative estimate of drug-likeness (QED) is 0.533. The Kier molecular flexibility index (Phi) is 7.60. The third-order valence-corrected chi connectivity index (χ3v) is 8.84. The normalized spacial score (nSPS) is 34.7. The molecule has 27 heavy (non-hydrogen) atoms. The fourth-order valence-electron chi connectivity index (χ4n) is 5.55. The molecule has 0 aromatic carbocycles. The smallest absolute Gasteiger partial charge is 0.191 e. The van der Waals surface area contributed by atoms with Gasteiger partial charge in [0.1, 0.15) is 0 Å². The maximum Gasteiger partial charge on any atom is 0.191 e. The van der Waals surface area contributed by atoms with Crippen molar-refractivity contribution in [2.75, 3.05) is 19.4 Å². The predicted octanol–water partition coefficient (Wildman–Crippen LogP) is 3.36. The van der Waals surface area contributed by atoms with Gasteiger partial charge in [-0.2, -0.15) is 0 Å². The van der Waals surface area contributed by atoms with Crippen LogP contribution >= 0.6 is 0 Å². The first-order valence-electron chi connectivity index (χ1n) is 11.1. The van der Waals surface area contributed by atoms with Crippen LogP contribution in [0.3, 0.4) is 0 Å². The van der Waals surface area contributed by atoms with Crippen LogP contribution in [0.25, 0.3) is 0 Å². The van der Waals surface area contributed by atoms with Crippen molar-refractivity contribution in [3.63, 3.8) is 0 Å². The van der Waals surface area contributed by atoms with E-state index in [0.717, 1.165) is 50.4 Å². The molecule has 3 aliphatic rings. The van der Waals surface area contributed by atoms with E-state index >= 15 is 0 Å². The first-order valence-corrected chi connectivity index (χ1v) is 12.5. The lowest BCUT2D eigenvalue weighted by molar-refractivity contribution is -0.145. The fraction of sp³-hybridized carbons (Fsp3) is 0.952. The topological polar surface area (TPSA) is 62.7 Å². The van der Waals surface area contributed by atoms with Gasteiger partial charge in [0.2, 0.25) is 0 Å². The Bertz CT molecular complexity index is 534. The van der Waals surface area contributed by atoms with Crippen molar-refractivity contribution in [1.82, 2.24) is 10.6 Å². The number of nitrogens with one attached hydrogen (secondary N) is 2. The average molecular weight is 398 g/mol. The molecule has 2 N–H and O–H groups in total. The maximum absolute atomic E-state index is 12.2. The lowest BCUT2D eigenvalue weighted by Gasteiger charge is -2.58. The van der Waals surface area contributed by atoms with E-state index in [1.54, 1.807) is 0 Å². The van der Waals surface area contributed by atoms with Gasteiger partial charge in [-0.15, -0.1) is 0 Å². The summed E-state index contributed by atoms with van der Waals surface area (Å²) in [5.41, 5.74) is 0.296. The van der Waals surface area contributed by atoms with Gasteiger partial charge in [-0.25, -0.2) is 0 Å². The molecule has 156 valence electrons. The van der Waals surface area contributed by atoms with Crippen molar-refractivity contribution in [2.45, 2.75) is 101 Å². The number of hydrogen-bond acceptors (Lipinski definition) is 3. The molecule has 5 atom stereocenters. The van der Waals surface area contributed by atoms with Gasteiger partial charge in [-0.1, -0.05) is 32.6 Å². The molecule has 6 heteroatoms. The van der Waals surface area contributed by atoms with Crippen LogP contribution in [0.1, 0.15) is 78.1 Å². The van der Waals surface area contributed by atoms with Crippen LogP contribution in [0.2, 0.25) is 0 Å². The highest BCUT2D eigenvalue weighted by Crippen LogP contribution is 2.53. The molecule has 0 saturated heterocycles. The van der Waals surface area contributed by atoms with Crippen molar-refractivity contribution in [2.24, 2.45) is 10.4 Å². The Labute approximate surface area is 168 Å². The molecule has 0 aromatic rings. The molecule has 0 aromatic heterocycles. The van der Waals surface area contributed by atoms with Crippen LogP contribution < -0.4 is 10.6 Å². The molecule has 3 aliphatic carbocycles. The van der Waals surface area contributed by atoms with Gasteiger partial charge in [-0.3, -0.25) is 9.20 Å². The van der Waals surface area contributed by atoms with Crippen molar-refractivity contribution in [3.8, 4) is 0 Å². The molecule has 3 fully saturated rings. The van der Waals surface area contributed by atoms with Gasteiger partial charge in [0, 0.05) is 53.0 Å². The molecule has 3 rings (SSSR count). The highest BCUT2D eigenvalue weighted by atomic mass is 32.2. The van der Waals surface area contributed by atoms with Gasteiger partial charge < -0.3 is 15.4 Å². The van der Waals surface area contributed by atoms with Crippen molar-refractivity contribution in [3.05, 3.63) is 0 Å². The first-order chi connectivity index (χ1) is 13.1. The summed E-state index contributed by atoms with van der Waals surface area (Å²) in [5, 5.41) is 7.73. The number of ether oxygens (including phenoxy) is 1. The molecule has 0 amide bonds. The summed E-state index contributed by atoms with van der Waals surface area (Å²) in [7, 11) is 1.18. The van der Waals surface area contributed by atoms with Crippen LogP contribution in [-0.2, 0) is 15.5 Å². The molecular weight excluding hydrogens is 358 g/mol. The zero-order valence-electron chi connectivity index (χ0n) is 17.5. The number of aliphatic imine (C=N–C) groups is 1. The van der Waals surface area contributed by atoms with Gasteiger partial charge in [0.25, 0.3) is 0 Å². The Morgan fingerprint density at radius 3 is 2.56 bits per heavy atom. The SMILES string of the molecule is CCOC1CC(NC(=NC)NC2CCCC(S(=O)CC)C2)C12CCCCC2. The van der Waals surface area contributed by atoms with Gasteiger partial charge in [-0.05, 0) is 45.4 Å². The fourth-order valence-corrected chi connectivity index (χ4v) is 6.89. The monoisotopic (exact) mass is 397 g/mol. The molecule has 5 unspecified atom stereocenters. The Morgan fingerprint density at radius 2 is 1.89 bits per heavy atom. The van der Waals surface area contributed by atoms with Gasteiger partial charge in [0.05, 0.1) is 6.10 Å². The number of nitrogens with zero attached hydrogens (tertiary/aromatic N) is 1. The highest BCUT2D eigenvalue weighted by Gasteiger charge is 2.55.